The van der Waals surface area contributed by atoms with Gasteiger partial charge in [-0.15, -0.1) is 0 Å². The van der Waals surface area contributed by atoms with Crippen LogP contribution in [-0.2, 0) is 4.84 Å². The average Bonchev–Trinajstić information content (AvgIpc) is 2.77. The highest BCUT2D eigenvalue weighted by Crippen LogP contribution is 2.16. The van der Waals surface area contributed by atoms with E-state index in [-0.39, 0.29) is 0 Å². The molecule has 0 saturated carbocycles. The number of hydrogen-bond acceptors (Lipinski definition) is 3. The number of halogens is 1. The molecule has 0 spiro atoms. The number of carbonyl (C=O) groups excluding carboxylic acids is 1. The molecule has 0 fully saturated rings. The second-order valence-electron chi connectivity index (χ2n) is 7.99. The predicted molar refractivity (Wildman–Crippen MR) is 131 cm³/mol. The molecule has 0 aromatic heterocycles. The van der Waals surface area contributed by atoms with Crippen molar-refractivity contribution in [2.45, 2.75) is 78.1 Å². The number of aryl methyl sites for hydroxylation is 1. The average molecular weight is 443 g/mol. The second kappa shape index (κ2) is 14.6. The molecule has 31 heavy (non-hydrogen) atoms. The molecule has 2 rings (SSSR count). The number of anilines is 1. The summed E-state index contributed by atoms with van der Waals surface area (Å²) in [7, 11) is 0. The van der Waals surface area contributed by atoms with Gasteiger partial charge in [-0.2, -0.15) is 0 Å². The van der Waals surface area contributed by atoms with E-state index in [4.69, 9.17) is 16.4 Å². The zero-order chi connectivity index (χ0) is 22.3. The lowest BCUT2D eigenvalue weighted by Gasteiger charge is -2.08. The Morgan fingerprint density at radius 2 is 1.45 bits per heavy atom. The Balaban J connectivity index is 1.84. The Kier molecular flexibility index (Phi) is 11.8. The molecule has 168 valence electrons. The van der Waals surface area contributed by atoms with Gasteiger partial charge in [0.1, 0.15) is 0 Å². The van der Waals surface area contributed by atoms with E-state index in [1.54, 1.807) is 24.3 Å². The second-order valence-corrected chi connectivity index (χ2v) is 8.43. The quantitative estimate of drug-likeness (QED) is 0.146. The van der Waals surface area contributed by atoms with Gasteiger partial charge in [-0.1, -0.05) is 105 Å². The molecule has 1 amide bonds. The number of benzene rings is 2. The first-order chi connectivity index (χ1) is 15.1. The van der Waals surface area contributed by atoms with E-state index < -0.39 is 6.09 Å². The highest BCUT2D eigenvalue weighted by Gasteiger charge is 2.08. The summed E-state index contributed by atoms with van der Waals surface area (Å²) >= 11 is 5.87. The lowest BCUT2D eigenvalue weighted by Crippen LogP contribution is -2.12. The summed E-state index contributed by atoms with van der Waals surface area (Å²) in [4.78, 5) is 17.3. The number of carbonyl (C=O) groups is 1. The van der Waals surface area contributed by atoms with Gasteiger partial charge in [0.05, 0.1) is 5.71 Å². The number of rotatable bonds is 13. The van der Waals surface area contributed by atoms with Crippen molar-refractivity contribution in [1.29, 1.82) is 0 Å². The molecule has 0 aliphatic heterocycles. The molecule has 0 saturated heterocycles. The molecule has 0 bridgehead atoms. The molecule has 0 unspecified atom stereocenters. The molecule has 0 heterocycles. The fourth-order valence-electron chi connectivity index (χ4n) is 3.36. The van der Waals surface area contributed by atoms with Gasteiger partial charge < -0.3 is 0 Å². The van der Waals surface area contributed by atoms with Crippen molar-refractivity contribution in [1.82, 2.24) is 0 Å². The molecule has 2 aromatic carbocycles. The molecular weight excluding hydrogens is 408 g/mol. The number of unbranched alkanes of at least 4 members (excludes halogenated alkanes) is 8. The van der Waals surface area contributed by atoms with Crippen LogP contribution in [0.4, 0.5) is 10.5 Å². The van der Waals surface area contributed by atoms with E-state index >= 15 is 0 Å². The van der Waals surface area contributed by atoms with Gasteiger partial charge in [0.15, 0.2) is 0 Å². The molecule has 4 nitrogen and oxygen atoms in total. The van der Waals surface area contributed by atoms with Crippen LogP contribution in [0.3, 0.4) is 0 Å². The van der Waals surface area contributed by atoms with Crippen LogP contribution in [0, 0.1) is 6.92 Å². The van der Waals surface area contributed by atoms with Crippen LogP contribution in [-0.4, -0.2) is 11.8 Å². The van der Waals surface area contributed by atoms with Crippen molar-refractivity contribution in [3.63, 3.8) is 0 Å². The summed E-state index contributed by atoms with van der Waals surface area (Å²) in [5, 5.41) is 7.46. The standard InChI is InChI=1S/C26H35ClN2O2/c1-3-4-5-6-7-8-9-10-11-12-25(22-15-13-21(2)14-16-22)29-31-26(30)28-24-19-17-23(27)18-20-24/h13-20H,3-12H2,1-2H3,(H,28,30)/b29-25+. The first kappa shape index (κ1) is 24.9. The van der Waals surface area contributed by atoms with E-state index in [0.29, 0.717) is 10.7 Å². The number of oxime groups is 1. The van der Waals surface area contributed by atoms with Crippen LogP contribution in [0.2, 0.25) is 5.02 Å². The summed E-state index contributed by atoms with van der Waals surface area (Å²) in [6, 6.07) is 15.0. The third-order valence-corrected chi connectivity index (χ3v) is 5.48. The van der Waals surface area contributed by atoms with Crippen LogP contribution in [0.5, 0.6) is 0 Å². The maximum atomic E-state index is 12.1. The van der Waals surface area contributed by atoms with Crippen LogP contribution in [0.15, 0.2) is 53.7 Å². The molecular formula is C26H35ClN2O2. The molecule has 0 aliphatic rings. The topological polar surface area (TPSA) is 50.7 Å². The summed E-state index contributed by atoms with van der Waals surface area (Å²) in [5.74, 6) is 0. The fraction of sp³-hybridized carbons (Fsp3) is 0.462. The number of nitrogens with one attached hydrogen (secondary N) is 1. The molecule has 1 N–H and O–H groups in total. The van der Waals surface area contributed by atoms with Gasteiger partial charge in [-0.3, -0.25) is 10.2 Å². The van der Waals surface area contributed by atoms with Gasteiger partial charge in [0.25, 0.3) is 0 Å². The first-order valence-corrected chi connectivity index (χ1v) is 11.8. The molecule has 5 heteroatoms. The molecule has 0 radical (unpaired) electrons. The van der Waals surface area contributed by atoms with Gasteiger partial charge >= 0.3 is 6.09 Å². The van der Waals surface area contributed by atoms with Gasteiger partial charge in [-0.05, 0) is 49.6 Å². The highest BCUT2D eigenvalue weighted by molar-refractivity contribution is 6.30. The summed E-state index contributed by atoms with van der Waals surface area (Å²) in [6.45, 7) is 4.30. The van der Waals surface area contributed by atoms with Gasteiger partial charge in [0.2, 0.25) is 0 Å². The smallest absolute Gasteiger partial charge is 0.297 e. The van der Waals surface area contributed by atoms with Crippen molar-refractivity contribution in [2.75, 3.05) is 5.32 Å². The van der Waals surface area contributed by atoms with Crippen molar-refractivity contribution in [3.05, 3.63) is 64.7 Å². The molecule has 2 aromatic rings. The maximum Gasteiger partial charge on any atom is 0.437 e. The Hall–Kier alpha value is -2.33. The lowest BCUT2D eigenvalue weighted by atomic mass is 10.0. The van der Waals surface area contributed by atoms with Crippen molar-refractivity contribution in [3.8, 4) is 0 Å². The van der Waals surface area contributed by atoms with E-state index in [9.17, 15) is 4.79 Å². The minimum atomic E-state index is -0.612. The number of nitrogens with zero attached hydrogens (tertiary/aromatic N) is 1. The lowest BCUT2D eigenvalue weighted by molar-refractivity contribution is 0.166. The monoisotopic (exact) mass is 442 g/mol. The Bertz CT molecular complexity index is 801. The highest BCUT2D eigenvalue weighted by atomic mass is 35.5. The third-order valence-electron chi connectivity index (χ3n) is 5.23. The third kappa shape index (κ3) is 10.5. The van der Waals surface area contributed by atoms with Crippen LogP contribution in [0.1, 0.15) is 82.3 Å². The van der Waals surface area contributed by atoms with Gasteiger partial charge in [0, 0.05) is 10.7 Å². The van der Waals surface area contributed by atoms with Crippen molar-refractivity contribution in [2.24, 2.45) is 5.16 Å². The Labute approximate surface area is 192 Å². The largest absolute Gasteiger partial charge is 0.437 e. The van der Waals surface area contributed by atoms with E-state index in [1.165, 1.54) is 50.5 Å². The van der Waals surface area contributed by atoms with Crippen LogP contribution < -0.4 is 5.32 Å². The maximum absolute atomic E-state index is 12.1. The van der Waals surface area contributed by atoms with E-state index in [2.05, 4.69) is 36.5 Å². The zero-order valence-electron chi connectivity index (χ0n) is 18.8. The van der Waals surface area contributed by atoms with Crippen LogP contribution >= 0.6 is 11.6 Å². The molecule has 0 aliphatic carbocycles. The Morgan fingerprint density at radius 3 is 2.06 bits per heavy atom. The predicted octanol–water partition coefficient (Wildman–Crippen LogP) is 8.52. The van der Waals surface area contributed by atoms with E-state index in [0.717, 1.165) is 30.5 Å². The number of hydrogen-bond donors (Lipinski definition) is 1. The Morgan fingerprint density at radius 1 is 0.871 bits per heavy atom. The normalized spacial score (nSPS) is 11.4. The molecule has 0 atom stereocenters. The minimum absolute atomic E-state index is 0.611. The summed E-state index contributed by atoms with van der Waals surface area (Å²) in [6.07, 6.45) is 11.6. The van der Waals surface area contributed by atoms with Crippen LogP contribution in [0.25, 0.3) is 0 Å². The van der Waals surface area contributed by atoms with E-state index in [1.807, 2.05) is 12.1 Å². The fourth-order valence-corrected chi connectivity index (χ4v) is 3.49. The minimum Gasteiger partial charge on any atom is -0.297 e. The number of amides is 1. The zero-order valence-corrected chi connectivity index (χ0v) is 19.6. The van der Waals surface area contributed by atoms with Gasteiger partial charge in [-0.25, -0.2) is 4.79 Å². The summed E-state index contributed by atoms with van der Waals surface area (Å²) in [5.41, 5.74) is 3.59. The van der Waals surface area contributed by atoms with Crippen molar-refractivity contribution < 1.29 is 9.63 Å². The van der Waals surface area contributed by atoms with Crippen molar-refractivity contribution >= 4 is 29.1 Å². The first-order valence-electron chi connectivity index (χ1n) is 11.5. The SMILES string of the molecule is CCCCCCCCCCC/C(=N\OC(=O)Nc1ccc(Cl)cc1)c1ccc(C)cc1. The summed E-state index contributed by atoms with van der Waals surface area (Å²) < 4.78 is 0.